The van der Waals surface area contributed by atoms with Gasteiger partial charge in [0.2, 0.25) is 0 Å². The van der Waals surface area contributed by atoms with Crippen LogP contribution in [0.3, 0.4) is 0 Å². The van der Waals surface area contributed by atoms with Crippen LogP contribution in [0.5, 0.6) is 5.75 Å². The van der Waals surface area contributed by atoms with E-state index in [2.05, 4.69) is 11.8 Å². The summed E-state index contributed by atoms with van der Waals surface area (Å²) in [5, 5.41) is 9.62. The van der Waals surface area contributed by atoms with Crippen molar-refractivity contribution >= 4 is 0 Å². The minimum atomic E-state index is 0.356. The number of aromatic hydroxyl groups is 1. The van der Waals surface area contributed by atoms with Gasteiger partial charge in [0.1, 0.15) is 5.75 Å². The molecule has 1 aliphatic rings. The van der Waals surface area contributed by atoms with Crippen molar-refractivity contribution in [1.29, 1.82) is 0 Å². The first-order valence-corrected chi connectivity index (χ1v) is 4.81. The molecule has 2 nitrogen and oxygen atoms in total. The Hall–Kier alpha value is -1.02. The smallest absolute Gasteiger partial charge is 0.120 e. The van der Waals surface area contributed by atoms with Gasteiger partial charge in [-0.05, 0) is 32.5 Å². The van der Waals surface area contributed by atoms with E-state index in [0.717, 1.165) is 18.7 Å². The molecule has 1 aromatic carbocycles. The highest BCUT2D eigenvalue weighted by Gasteiger charge is 2.22. The Morgan fingerprint density at radius 2 is 2.00 bits per heavy atom. The number of phenols is 1. The van der Waals surface area contributed by atoms with Crippen LogP contribution in [-0.2, 0) is 0 Å². The van der Waals surface area contributed by atoms with Gasteiger partial charge in [-0.2, -0.15) is 0 Å². The molecule has 1 N–H and O–H groups in total. The minimum Gasteiger partial charge on any atom is -0.508 e. The van der Waals surface area contributed by atoms with Crippen molar-refractivity contribution in [3.8, 4) is 5.75 Å². The fraction of sp³-hybridized carbons (Fsp3) is 0.455. The number of phenolic OH excluding ortho intramolecular Hbond substituents is 1. The maximum absolute atomic E-state index is 9.62. The molecule has 0 amide bonds. The van der Waals surface area contributed by atoms with Crippen LogP contribution in [0.4, 0.5) is 0 Å². The highest BCUT2D eigenvalue weighted by atomic mass is 16.3. The van der Waals surface area contributed by atoms with Gasteiger partial charge in [-0.15, -0.1) is 0 Å². The fourth-order valence-corrected chi connectivity index (χ4v) is 1.77. The molecule has 13 heavy (non-hydrogen) atoms. The lowest BCUT2D eigenvalue weighted by atomic mass is 10.0. The first-order chi connectivity index (χ1) is 6.29. The van der Waals surface area contributed by atoms with Crippen molar-refractivity contribution in [2.75, 3.05) is 13.1 Å². The van der Waals surface area contributed by atoms with Gasteiger partial charge in [-0.3, -0.25) is 4.90 Å². The predicted octanol–water partition coefficient (Wildman–Crippen LogP) is 2.16. The number of para-hydroxylation sites is 1. The van der Waals surface area contributed by atoms with E-state index in [1.54, 1.807) is 6.07 Å². The molecule has 1 aromatic rings. The Morgan fingerprint density at radius 1 is 1.31 bits per heavy atom. The van der Waals surface area contributed by atoms with E-state index < -0.39 is 0 Å². The largest absolute Gasteiger partial charge is 0.508 e. The molecule has 0 aliphatic carbocycles. The summed E-state index contributed by atoms with van der Waals surface area (Å²) < 4.78 is 0. The molecule has 0 radical (unpaired) electrons. The van der Waals surface area contributed by atoms with E-state index in [1.165, 1.54) is 6.42 Å². The molecule has 1 saturated heterocycles. The monoisotopic (exact) mass is 177 g/mol. The third-order valence-corrected chi connectivity index (χ3v) is 2.83. The Balaban J connectivity index is 2.18. The molecule has 0 aromatic heterocycles. The van der Waals surface area contributed by atoms with Crippen molar-refractivity contribution < 1.29 is 5.11 Å². The molecule has 0 bridgehead atoms. The van der Waals surface area contributed by atoms with Crippen molar-refractivity contribution in [1.82, 2.24) is 4.90 Å². The lowest BCUT2D eigenvalue weighted by Gasteiger charge is -2.36. The van der Waals surface area contributed by atoms with Crippen molar-refractivity contribution in [3.63, 3.8) is 0 Å². The molecule has 70 valence electrons. The topological polar surface area (TPSA) is 23.5 Å². The van der Waals surface area contributed by atoms with Crippen LogP contribution < -0.4 is 0 Å². The maximum Gasteiger partial charge on any atom is 0.120 e. The standard InChI is InChI=1S/C11H15NO/c1-9(12-7-4-8-12)10-5-2-3-6-11(10)13/h2-3,5-6,9,13H,4,7-8H2,1H3. The highest BCUT2D eigenvalue weighted by Crippen LogP contribution is 2.30. The normalized spacial score (nSPS) is 19.5. The molecule has 1 atom stereocenters. The molecule has 1 fully saturated rings. The number of likely N-dealkylation sites (tertiary alicyclic amines) is 1. The van der Waals surface area contributed by atoms with E-state index in [-0.39, 0.29) is 0 Å². The average molecular weight is 177 g/mol. The fourth-order valence-electron chi connectivity index (χ4n) is 1.77. The number of rotatable bonds is 2. The number of benzene rings is 1. The lowest BCUT2D eigenvalue weighted by Crippen LogP contribution is -2.38. The summed E-state index contributed by atoms with van der Waals surface area (Å²) in [5.74, 6) is 0.418. The summed E-state index contributed by atoms with van der Waals surface area (Å²) in [5.41, 5.74) is 1.04. The first-order valence-electron chi connectivity index (χ1n) is 4.81. The van der Waals surface area contributed by atoms with Gasteiger partial charge in [0, 0.05) is 11.6 Å². The van der Waals surface area contributed by atoms with Gasteiger partial charge < -0.3 is 5.11 Å². The molecule has 1 aliphatic heterocycles. The van der Waals surface area contributed by atoms with Crippen molar-refractivity contribution in [3.05, 3.63) is 29.8 Å². The average Bonchev–Trinajstić information content (AvgIpc) is 2.01. The van der Waals surface area contributed by atoms with Crippen molar-refractivity contribution in [2.24, 2.45) is 0 Å². The Bertz CT molecular complexity index is 294. The minimum absolute atomic E-state index is 0.356. The molecule has 0 saturated carbocycles. The Labute approximate surface area is 78.8 Å². The van der Waals surface area contributed by atoms with Gasteiger partial charge in [-0.25, -0.2) is 0 Å². The van der Waals surface area contributed by atoms with Crippen LogP contribution in [0.15, 0.2) is 24.3 Å². The number of hydrogen-bond donors (Lipinski definition) is 1. The summed E-state index contributed by atoms with van der Waals surface area (Å²) in [4.78, 5) is 2.37. The van der Waals surface area contributed by atoms with E-state index >= 15 is 0 Å². The van der Waals surface area contributed by atoms with E-state index in [0.29, 0.717) is 11.8 Å². The summed E-state index contributed by atoms with van der Waals surface area (Å²) >= 11 is 0. The molecule has 2 rings (SSSR count). The van der Waals surface area contributed by atoms with Crippen LogP contribution in [0.1, 0.15) is 24.9 Å². The zero-order valence-corrected chi connectivity index (χ0v) is 7.90. The second-order valence-corrected chi connectivity index (χ2v) is 3.62. The van der Waals surface area contributed by atoms with Crippen LogP contribution in [0, 0.1) is 0 Å². The van der Waals surface area contributed by atoms with Crippen LogP contribution in [-0.4, -0.2) is 23.1 Å². The molecule has 2 heteroatoms. The van der Waals surface area contributed by atoms with Gasteiger partial charge in [-0.1, -0.05) is 18.2 Å². The predicted molar refractivity (Wildman–Crippen MR) is 52.7 cm³/mol. The maximum atomic E-state index is 9.62. The van der Waals surface area contributed by atoms with E-state index in [1.807, 2.05) is 18.2 Å². The Morgan fingerprint density at radius 3 is 2.54 bits per heavy atom. The second-order valence-electron chi connectivity index (χ2n) is 3.62. The van der Waals surface area contributed by atoms with Gasteiger partial charge in [0.05, 0.1) is 0 Å². The molecule has 1 heterocycles. The molecular weight excluding hydrogens is 162 g/mol. The van der Waals surface area contributed by atoms with Crippen LogP contribution in [0.2, 0.25) is 0 Å². The SMILES string of the molecule is CC(c1ccccc1O)N1CCC1. The van der Waals surface area contributed by atoms with Gasteiger partial charge in [0.15, 0.2) is 0 Å². The van der Waals surface area contributed by atoms with Crippen LogP contribution >= 0.6 is 0 Å². The zero-order chi connectivity index (χ0) is 9.26. The summed E-state index contributed by atoms with van der Waals surface area (Å²) in [6.07, 6.45) is 1.29. The lowest BCUT2D eigenvalue weighted by molar-refractivity contribution is 0.127. The van der Waals surface area contributed by atoms with Crippen LogP contribution in [0.25, 0.3) is 0 Å². The highest BCUT2D eigenvalue weighted by molar-refractivity contribution is 5.34. The first kappa shape index (κ1) is 8.57. The third kappa shape index (κ3) is 1.54. The number of hydrogen-bond acceptors (Lipinski definition) is 2. The molecule has 1 unspecified atom stereocenters. The third-order valence-electron chi connectivity index (χ3n) is 2.83. The van der Waals surface area contributed by atoms with Gasteiger partial charge in [0.25, 0.3) is 0 Å². The summed E-state index contributed by atoms with van der Waals surface area (Å²) in [6, 6.07) is 7.95. The summed E-state index contributed by atoms with van der Waals surface area (Å²) in [6.45, 7) is 4.47. The Kier molecular flexibility index (Phi) is 2.23. The summed E-state index contributed by atoms with van der Waals surface area (Å²) in [7, 11) is 0. The second kappa shape index (κ2) is 3.38. The van der Waals surface area contributed by atoms with E-state index in [9.17, 15) is 5.11 Å². The molecular formula is C11H15NO. The van der Waals surface area contributed by atoms with Crippen molar-refractivity contribution in [2.45, 2.75) is 19.4 Å². The van der Waals surface area contributed by atoms with E-state index in [4.69, 9.17) is 0 Å². The zero-order valence-electron chi connectivity index (χ0n) is 7.90. The van der Waals surface area contributed by atoms with Gasteiger partial charge >= 0.3 is 0 Å². The molecule has 0 spiro atoms. The quantitative estimate of drug-likeness (QED) is 0.748. The number of nitrogens with zero attached hydrogens (tertiary/aromatic N) is 1.